The quantitative estimate of drug-likeness (QED) is 0.462. The third-order valence-corrected chi connectivity index (χ3v) is 5.80. The minimum Gasteiger partial charge on any atom is -0.378 e. The number of anilines is 2. The summed E-state index contributed by atoms with van der Waals surface area (Å²) in [6.45, 7) is 0. The van der Waals surface area contributed by atoms with E-state index >= 15 is 0 Å². The Kier molecular flexibility index (Phi) is 6.92. The molecule has 0 spiro atoms. The maximum Gasteiger partial charge on any atom is 0.138 e. The lowest BCUT2D eigenvalue weighted by Gasteiger charge is -2.13. The molecule has 1 heterocycles. The zero-order valence-corrected chi connectivity index (χ0v) is 18.9. The van der Waals surface area contributed by atoms with Crippen LogP contribution in [0.15, 0.2) is 65.6 Å². The topological polar surface area (TPSA) is 54.1 Å². The first kappa shape index (κ1) is 21.9. The summed E-state index contributed by atoms with van der Waals surface area (Å²) in [5.41, 5.74) is 5.86. The predicted molar refractivity (Wildman–Crippen MR) is 132 cm³/mol. The van der Waals surface area contributed by atoms with Crippen LogP contribution >= 0.6 is 11.3 Å². The molecule has 0 saturated heterocycles. The van der Waals surface area contributed by atoms with Gasteiger partial charge in [-0.3, -0.25) is 0 Å². The van der Waals surface area contributed by atoms with Crippen molar-refractivity contribution in [2.75, 3.05) is 38.0 Å². The molecule has 1 aromatic heterocycles. The first-order valence-corrected chi connectivity index (χ1v) is 10.7. The highest BCUT2D eigenvalue weighted by molar-refractivity contribution is 7.11. The number of hydrogen-bond acceptors (Lipinski definition) is 5. The third kappa shape index (κ3) is 5.22. The van der Waals surface area contributed by atoms with E-state index in [4.69, 9.17) is 0 Å². The monoisotopic (exact) mass is 424 g/mol. The molecule has 3 aromatic rings. The van der Waals surface area contributed by atoms with Gasteiger partial charge >= 0.3 is 0 Å². The zero-order chi connectivity index (χ0) is 22.4. The molecule has 4 nitrogen and oxygen atoms in total. The van der Waals surface area contributed by atoms with Gasteiger partial charge in [-0.15, -0.1) is 11.3 Å². The number of hydrogen-bond donors (Lipinski definition) is 0. The number of benzene rings is 2. The molecule has 0 amide bonds. The van der Waals surface area contributed by atoms with Crippen molar-refractivity contribution in [3.63, 3.8) is 0 Å². The number of nitrogens with zero attached hydrogens (tertiary/aromatic N) is 4. The Labute approximate surface area is 188 Å². The summed E-state index contributed by atoms with van der Waals surface area (Å²) in [5, 5.41) is 21.1. The van der Waals surface area contributed by atoms with E-state index in [1.54, 1.807) is 11.3 Å². The van der Waals surface area contributed by atoms with E-state index < -0.39 is 0 Å². The van der Waals surface area contributed by atoms with Gasteiger partial charge in [-0.2, -0.15) is 10.5 Å². The smallest absolute Gasteiger partial charge is 0.138 e. The molecule has 0 unspecified atom stereocenters. The number of rotatable bonds is 6. The minimum atomic E-state index is 0.116. The molecule has 154 valence electrons. The molecule has 0 saturated carbocycles. The van der Waals surface area contributed by atoms with E-state index in [0.29, 0.717) is 5.57 Å². The molecule has 0 aliphatic carbocycles. The van der Waals surface area contributed by atoms with Crippen molar-refractivity contribution in [1.29, 1.82) is 10.5 Å². The van der Waals surface area contributed by atoms with Gasteiger partial charge in [-0.05, 0) is 58.5 Å². The van der Waals surface area contributed by atoms with Gasteiger partial charge in [-0.25, -0.2) is 0 Å². The Balaban J connectivity index is 1.92. The van der Waals surface area contributed by atoms with Crippen LogP contribution in [0, 0.1) is 22.7 Å². The van der Waals surface area contributed by atoms with Crippen molar-refractivity contribution in [3.8, 4) is 12.1 Å². The van der Waals surface area contributed by atoms with E-state index in [2.05, 4.69) is 53.5 Å². The Morgan fingerprint density at radius 1 is 0.774 bits per heavy atom. The molecule has 0 fully saturated rings. The molecule has 0 radical (unpaired) electrons. The van der Waals surface area contributed by atoms with Crippen LogP contribution in [0.1, 0.15) is 21.6 Å². The van der Waals surface area contributed by atoms with Crippen molar-refractivity contribution in [2.45, 2.75) is 0 Å². The molecule has 5 heteroatoms. The summed E-state index contributed by atoms with van der Waals surface area (Å²) >= 11 is 1.59. The van der Waals surface area contributed by atoms with Gasteiger partial charge in [0.2, 0.25) is 0 Å². The Morgan fingerprint density at radius 2 is 1.32 bits per heavy atom. The van der Waals surface area contributed by atoms with Gasteiger partial charge in [0.15, 0.2) is 0 Å². The first-order valence-electron chi connectivity index (χ1n) is 9.79. The fourth-order valence-electron chi connectivity index (χ4n) is 3.15. The van der Waals surface area contributed by atoms with Gasteiger partial charge in [0.1, 0.15) is 17.7 Å². The minimum absolute atomic E-state index is 0.116. The molecule has 0 bridgehead atoms. The molecular formula is C26H24N4S. The zero-order valence-electron chi connectivity index (χ0n) is 18.1. The lowest BCUT2D eigenvalue weighted by Crippen LogP contribution is -2.08. The number of thiophene rings is 1. The van der Waals surface area contributed by atoms with E-state index in [9.17, 15) is 10.5 Å². The fraction of sp³-hybridized carbons (Fsp3) is 0.154. The fourth-order valence-corrected chi connectivity index (χ4v) is 3.94. The van der Waals surface area contributed by atoms with Gasteiger partial charge < -0.3 is 9.80 Å². The second-order valence-electron chi connectivity index (χ2n) is 7.47. The standard InChI is InChI=1S/C26H24N4S/c1-29(2)23-10-5-19(6-11-23)7-14-25-15-21(18-31-25)26(22(16-27)17-28)20-8-12-24(13-9-20)30(3)4/h5-15,18H,1-4H3. The third-order valence-electron chi connectivity index (χ3n) is 4.90. The van der Waals surface area contributed by atoms with Crippen LogP contribution < -0.4 is 9.80 Å². The van der Waals surface area contributed by atoms with Crippen LogP contribution in [0.25, 0.3) is 17.7 Å². The summed E-state index contributed by atoms with van der Waals surface area (Å²) < 4.78 is 0. The highest BCUT2D eigenvalue weighted by atomic mass is 32.1. The van der Waals surface area contributed by atoms with Crippen LogP contribution in [0.4, 0.5) is 11.4 Å². The second kappa shape index (κ2) is 9.80. The summed E-state index contributed by atoms with van der Waals surface area (Å²) in [4.78, 5) is 5.14. The molecular weight excluding hydrogens is 400 g/mol. The van der Waals surface area contributed by atoms with E-state index in [-0.39, 0.29) is 5.57 Å². The molecule has 0 N–H and O–H groups in total. The van der Waals surface area contributed by atoms with E-state index in [1.807, 2.05) is 68.8 Å². The van der Waals surface area contributed by atoms with Crippen molar-refractivity contribution in [1.82, 2.24) is 0 Å². The summed E-state index contributed by atoms with van der Waals surface area (Å²) in [6.07, 6.45) is 4.13. The normalized spacial score (nSPS) is 10.4. The van der Waals surface area contributed by atoms with Gasteiger partial charge in [0, 0.05) is 50.0 Å². The average molecular weight is 425 g/mol. The molecule has 0 aliphatic heterocycles. The largest absolute Gasteiger partial charge is 0.378 e. The Hall–Kier alpha value is -3.80. The lowest BCUT2D eigenvalue weighted by molar-refractivity contribution is 1.13. The van der Waals surface area contributed by atoms with Crippen LogP contribution in [-0.2, 0) is 0 Å². The van der Waals surface area contributed by atoms with Crippen LogP contribution in [-0.4, -0.2) is 28.2 Å². The van der Waals surface area contributed by atoms with Gasteiger partial charge in [0.05, 0.1) is 0 Å². The molecule has 2 aromatic carbocycles. The van der Waals surface area contributed by atoms with Crippen LogP contribution in [0.3, 0.4) is 0 Å². The molecule has 31 heavy (non-hydrogen) atoms. The second-order valence-corrected chi connectivity index (χ2v) is 8.41. The molecule has 0 aliphatic rings. The summed E-state index contributed by atoms with van der Waals surface area (Å²) in [5.74, 6) is 0. The SMILES string of the molecule is CN(C)c1ccc(C=Cc2cc(C(=C(C#N)C#N)c3ccc(N(C)C)cc3)cs2)cc1. The van der Waals surface area contributed by atoms with Gasteiger partial charge in [0.25, 0.3) is 0 Å². The van der Waals surface area contributed by atoms with Crippen molar-refractivity contribution in [2.24, 2.45) is 0 Å². The van der Waals surface area contributed by atoms with Crippen molar-refractivity contribution in [3.05, 3.63) is 87.1 Å². The van der Waals surface area contributed by atoms with Crippen molar-refractivity contribution >= 4 is 40.4 Å². The van der Waals surface area contributed by atoms with Crippen LogP contribution in [0.5, 0.6) is 0 Å². The maximum absolute atomic E-state index is 9.53. The lowest BCUT2D eigenvalue weighted by atomic mass is 9.95. The Bertz CT molecular complexity index is 1170. The summed E-state index contributed by atoms with van der Waals surface area (Å²) in [6, 6.07) is 22.4. The molecule has 0 atom stereocenters. The van der Waals surface area contributed by atoms with Gasteiger partial charge in [-0.1, -0.05) is 30.3 Å². The Morgan fingerprint density at radius 3 is 1.84 bits per heavy atom. The van der Waals surface area contributed by atoms with Crippen molar-refractivity contribution < 1.29 is 0 Å². The highest BCUT2D eigenvalue weighted by Gasteiger charge is 2.14. The van der Waals surface area contributed by atoms with E-state index in [0.717, 1.165) is 32.9 Å². The number of allylic oxidation sites excluding steroid dienone is 1. The first-order chi connectivity index (χ1) is 14.9. The number of nitriles is 2. The average Bonchev–Trinajstić information content (AvgIpc) is 3.24. The molecule has 3 rings (SSSR count). The maximum atomic E-state index is 9.53. The highest BCUT2D eigenvalue weighted by Crippen LogP contribution is 2.32. The van der Waals surface area contributed by atoms with E-state index in [1.165, 1.54) is 0 Å². The summed E-state index contributed by atoms with van der Waals surface area (Å²) in [7, 11) is 8.00. The van der Waals surface area contributed by atoms with Crippen LogP contribution in [0.2, 0.25) is 0 Å². The predicted octanol–water partition coefficient (Wildman–Crippen LogP) is 5.90.